The lowest BCUT2D eigenvalue weighted by Crippen LogP contribution is -2.47. The summed E-state index contributed by atoms with van der Waals surface area (Å²) in [5.41, 5.74) is 1.39. The third-order valence-electron chi connectivity index (χ3n) is 4.90. The van der Waals surface area contributed by atoms with Gasteiger partial charge in [-0.3, -0.25) is 9.89 Å². The number of guanidine groups is 1. The van der Waals surface area contributed by atoms with Gasteiger partial charge in [-0.15, -0.1) is 24.0 Å². The fourth-order valence-electron chi connectivity index (χ4n) is 3.37. The van der Waals surface area contributed by atoms with Crippen molar-refractivity contribution in [3.63, 3.8) is 0 Å². The Balaban J connectivity index is 0.00000338. The molecule has 0 radical (unpaired) electrons. The molecule has 1 aromatic carbocycles. The zero-order chi connectivity index (χ0) is 17.9. The number of likely N-dealkylation sites (tertiary alicyclic amines) is 1. The molecule has 0 amide bonds. The smallest absolute Gasteiger partial charge is 0.191 e. The maximum Gasteiger partial charge on any atom is 0.191 e. The summed E-state index contributed by atoms with van der Waals surface area (Å²) in [6, 6.07) is 11.6. The summed E-state index contributed by atoms with van der Waals surface area (Å²) in [7, 11) is 3.61. The predicted octanol–water partition coefficient (Wildman–Crippen LogP) is 2.90. The first kappa shape index (κ1) is 23.2. The molecule has 148 valence electrons. The predicted molar refractivity (Wildman–Crippen MR) is 121 cm³/mol. The molecule has 1 aromatic rings. The van der Waals surface area contributed by atoms with Gasteiger partial charge in [0.25, 0.3) is 0 Å². The molecule has 6 heteroatoms. The van der Waals surface area contributed by atoms with E-state index >= 15 is 0 Å². The number of rotatable bonds is 9. The van der Waals surface area contributed by atoms with Crippen LogP contribution in [0.2, 0.25) is 0 Å². The van der Waals surface area contributed by atoms with E-state index in [0.717, 1.165) is 38.5 Å². The third-order valence-corrected chi connectivity index (χ3v) is 4.90. The van der Waals surface area contributed by atoms with Gasteiger partial charge >= 0.3 is 0 Å². The first-order valence-electron chi connectivity index (χ1n) is 9.47. The van der Waals surface area contributed by atoms with E-state index in [0.29, 0.717) is 12.1 Å². The van der Waals surface area contributed by atoms with Crippen molar-refractivity contribution < 1.29 is 4.74 Å². The lowest BCUT2D eigenvalue weighted by molar-refractivity contribution is 0.141. The number of nitrogens with one attached hydrogen (secondary N) is 2. The van der Waals surface area contributed by atoms with Crippen LogP contribution in [0.15, 0.2) is 35.3 Å². The fourth-order valence-corrected chi connectivity index (χ4v) is 3.37. The van der Waals surface area contributed by atoms with Crippen molar-refractivity contribution >= 4 is 29.9 Å². The maximum atomic E-state index is 5.22. The first-order valence-corrected chi connectivity index (χ1v) is 9.47. The number of methoxy groups -OCH3 is 1. The quantitative estimate of drug-likeness (QED) is 0.329. The van der Waals surface area contributed by atoms with Gasteiger partial charge in [0.2, 0.25) is 0 Å². The molecule has 2 atom stereocenters. The second-order valence-electron chi connectivity index (χ2n) is 6.85. The van der Waals surface area contributed by atoms with Crippen LogP contribution in [-0.4, -0.2) is 63.3 Å². The highest BCUT2D eigenvalue weighted by Gasteiger charge is 2.24. The molecule has 1 heterocycles. The molecule has 1 aliphatic rings. The monoisotopic (exact) mass is 474 g/mol. The zero-order valence-corrected chi connectivity index (χ0v) is 18.7. The molecular formula is C20H35IN4O. The summed E-state index contributed by atoms with van der Waals surface area (Å²) >= 11 is 0. The molecule has 0 aliphatic carbocycles. The average molecular weight is 474 g/mol. The van der Waals surface area contributed by atoms with Crippen LogP contribution in [0.5, 0.6) is 0 Å². The minimum absolute atomic E-state index is 0. The van der Waals surface area contributed by atoms with Crippen molar-refractivity contribution in [3.05, 3.63) is 35.9 Å². The Bertz CT molecular complexity index is 512. The van der Waals surface area contributed by atoms with Crippen LogP contribution < -0.4 is 10.6 Å². The standard InChI is InChI=1S/C20H34N4O.HI/c1-17(11-12-18-8-5-4-6-9-18)23-20(21-2)22-16-19-10-7-13-24(19)14-15-25-3;/h4-6,8-9,17,19H,7,10-16H2,1-3H3,(H2,21,22,23);1H. The van der Waals surface area contributed by atoms with Crippen molar-refractivity contribution in [2.24, 2.45) is 4.99 Å². The third kappa shape index (κ3) is 8.22. The summed E-state index contributed by atoms with van der Waals surface area (Å²) < 4.78 is 5.22. The van der Waals surface area contributed by atoms with Gasteiger partial charge in [-0.25, -0.2) is 0 Å². The second-order valence-corrected chi connectivity index (χ2v) is 6.85. The van der Waals surface area contributed by atoms with Crippen LogP contribution in [0.4, 0.5) is 0 Å². The van der Waals surface area contributed by atoms with Crippen molar-refractivity contribution in [1.82, 2.24) is 15.5 Å². The molecule has 26 heavy (non-hydrogen) atoms. The zero-order valence-electron chi connectivity index (χ0n) is 16.4. The summed E-state index contributed by atoms with van der Waals surface area (Å²) in [5, 5.41) is 7.02. The topological polar surface area (TPSA) is 48.9 Å². The van der Waals surface area contributed by atoms with Crippen molar-refractivity contribution in [2.75, 3.05) is 40.4 Å². The first-order chi connectivity index (χ1) is 12.2. The van der Waals surface area contributed by atoms with Gasteiger partial charge in [0.05, 0.1) is 6.61 Å². The van der Waals surface area contributed by atoms with E-state index in [9.17, 15) is 0 Å². The minimum atomic E-state index is 0. The molecular weight excluding hydrogens is 439 g/mol. The number of aliphatic imine (C=N–C) groups is 1. The van der Waals surface area contributed by atoms with Crippen LogP contribution in [0.25, 0.3) is 0 Å². The van der Waals surface area contributed by atoms with Gasteiger partial charge in [-0.05, 0) is 44.7 Å². The highest BCUT2D eigenvalue weighted by atomic mass is 127. The van der Waals surface area contributed by atoms with Gasteiger partial charge < -0.3 is 15.4 Å². The number of halogens is 1. The lowest BCUT2D eigenvalue weighted by Gasteiger charge is -2.26. The van der Waals surface area contributed by atoms with E-state index in [4.69, 9.17) is 4.74 Å². The van der Waals surface area contributed by atoms with Crippen molar-refractivity contribution in [1.29, 1.82) is 0 Å². The van der Waals surface area contributed by atoms with E-state index < -0.39 is 0 Å². The van der Waals surface area contributed by atoms with Crippen LogP contribution >= 0.6 is 24.0 Å². The molecule has 2 rings (SSSR count). The van der Waals surface area contributed by atoms with Crippen molar-refractivity contribution in [3.8, 4) is 0 Å². The summed E-state index contributed by atoms with van der Waals surface area (Å²) in [5.74, 6) is 0.902. The molecule has 2 unspecified atom stereocenters. The summed E-state index contributed by atoms with van der Waals surface area (Å²) in [6.07, 6.45) is 4.69. The molecule has 2 N–H and O–H groups in total. The maximum absolute atomic E-state index is 5.22. The summed E-state index contributed by atoms with van der Waals surface area (Å²) in [4.78, 5) is 6.90. The highest BCUT2D eigenvalue weighted by Crippen LogP contribution is 2.15. The molecule has 1 aliphatic heterocycles. The molecule has 0 spiro atoms. The minimum Gasteiger partial charge on any atom is -0.383 e. The Hall–Kier alpha value is -0.860. The highest BCUT2D eigenvalue weighted by molar-refractivity contribution is 14.0. The van der Waals surface area contributed by atoms with Crippen molar-refractivity contribution in [2.45, 2.75) is 44.7 Å². The van der Waals surface area contributed by atoms with Crippen LogP contribution in [0.3, 0.4) is 0 Å². The number of hydrogen-bond donors (Lipinski definition) is 2. The van der Waals surface area contributed by atoms with E-state index in [2.05, 4.69) is 57.8 Å². The second kappa shape index (κ2) is 13.3. The van der Waals surface area contributed by atoms with Gasteiger partial charge in [0, 0.05) is 39.3 Å². The Kier molecular flexibility index (Phi) is 11.9. The Morgan fingerprint density at radius 3 is 2.81 bits per heavy atom. The fraction of sp³-hybridized carbons (Fsp3) is 0.650. The number of benzene rings is 1. The number of aryl methyl sites for hydroxylation is 1. The van der Waals surface area contributed by atoms with E-state index in [-0.39, 0.29) is 24.0 Å². The molecule has 0 bridgehead atoms. The molecule has 0 saturated carbocycles. The largest absolute Gasteiger partial charge is 0.383 e. The molecule has 1 saturated heterocycles. The van der Waals surface area contributed by atoms with E-state index in [1.165, 1.54) is 24.9 Å². The molecule has 0 aromatic heterocycles. The molecule has 5 nitrogen and oxygen atoms in total. The van der Waals surface area contributed by atoms with Crippen LogP contribution in [0, 0.1) is 0 Å². The summed E-state index contributed by atoms with van der Waals surface area (Å²) in [6.45, 7) is 6.16. The van der Waals surface area contributed by atoms with Gasteiger partial charge in [-0.1, -0.05) is 30.3 Å². The Labute approximate surface area is 176 Å². The van der Waals surface area contributed by atoms with Gasteiger partial charge in [0.1, 0.15) is 0 Å². The number of nitrogens with zero attached hydrogens (tertiary/aromatic N) is 2. The number of hydrogen-bond acceptors (Lipinski definition) is 3. The van der Waals surface area contributed by atoms with E-state index in [1.807, 2.05) is 7.05 Å². The normalized spacial score (nSPS) is 19.0. The van der Waals surface area contributed by atoms with Gasteiger partial charge in [-0.2, -0.15) is 0 Å². The lowest BCUT2D eigenvalue weighted by atomic mass is 10.1. The van der Waals surface area contributed by atoms with E-state index in [1.54, 1.807) is 7.11 Å². The van der Waals surface area contributed by atoms with Gasteiger partial charge in [0.15, 0.2) is 5.96 Å². The number of ether oxygens (including phenoxy) is 1. The van der Waals surface area contributed by atoms with Crippen LogP contribution in [-0.2, 0) is 11.2 Å². The Morgan fingerprint density at radius 1 is 1.35 bits per heavy atom. The van der Waals surface area contributed by atoms with Crippen LogP contribution in [0.1, 0.15) is 31.7 Å². The molecule has 1 fully saturated rings. The SMILES string of the molecule is CN=C(NCC1CCCN1CCOC)NC(C)CCc1ccccc1.I. The Morgan fingerprint density at radius 2 is 2.12 bits per heavy atom. The average Bonchev–Trinajstić information content (AvgIpc) is 3.10.